The summed E-state index contributed by atoms with van der Waals surface area (Å²) < 4.78 is 0. The topological polar surface area (TPSA) is 56.4 Å². The van der Waals surface area contributed by atoms with E-state index in [1.165, 1.54) is 11.6 Å². The molecule has 2 aromatic rings. The normalized spacial score (nSPS) is 15.8. The molecule has 0 bridgehead atoms. The number of pyridine rings is 1. The van der Waals surface area contributed by atoms with Crippen LogP contribution in [0.3, 0.4) is 0 Å². The lowest BCUT2D eigenvalue weighted by Gasteiger charge is -2.34. The van der Waals surface area contributed by atoms with Crippen LogP contribution in [0, 0.1) is 6.92 Å². The number of hydrogen-bond acceptors (Lipinski definition) is 3. The highest BCUT2D eigenvalue weighted by Crippen LogP contribution is 2.16. The molecule has 3 rings (SSSR count). The molecular weight excluding hydrogens is 290 g/mol. The molecule has 1 aliphatic heterocycles. The average molecular weight is 311 g/mol. The number of aryl methyl sites for hydroxylation is 1. The summed E-state index contributed by atoms with van der Waals surface area (Å²) in [5.74, 6) is 0.00306. The van der Waals surface area contributed by atoms with Gasteiger partial charge in [-0.2, -0.15) is 0 Å². The van der Waals surface area contributed by atoms with E-state index < -0.39 is 0 Å². The number of hydrogen-bond donors (Lipinski definition) is 1. The Kier molecular flexibility index (Phi) is 4.30. The molecule has 1 aliphatic rings. The molecule has 2 heterocycles. The first-order chi connectivity index (χ1) is 11.1. The van der Waals surface area contributed by atoms with Crippen molar-refractivity contribution in [1.82, 2.24) is 14.8 Å². The summed E-state index contributed by atoms with van der Waals surface area (Å²) in [5.41, 5.74) is 2.73. The van der Waals surface area contributed by atoms with Gasteiger partial charge in [0.05, 0.1) is 0 Å². The zero-order valence-electron chi connectivity index (χ0n) is 13.3. The molecule has 23 heavy (non-hydrogen) atoms. The molecule has 1 saturated heterocycles. The highest BCUT2D eigenvalue weighted by molar-refractivity contribution is 5.87. The number of fused-ring (bicyclic) bond motifs is 1. The van der Waals surface area contributed by atoms with Crippen molar-refractivity contribution in [1.29, 1.82) is 0 Å². The molecule has 1 aromatic heterocycles. The lowest BCUT2D eigenvalue weighted by Crippen LogP contribution is -2.47. The molecule has 0 unspecified atom stereocenters. The van der Waals surface area contributed by atoms with Crippen LogP contribution in [0.5, 0.6) is 0 Å². The minimum atomic E-state index is -0.0359. The van der Waals surface area contributed by atoms with E-state index in [0.29, 0.717) is 0 Å². The van der Waals surface area contributed by atoms with Gasteiger partial charge in [-0.25, -0.2) is 0 Å². The second-order valence-electron chi connectivity index (χ2n) is 6.01. The SMILES string of the molecule is C=CC(=O)N1CCN(Cc2ccc3cc(C)c(=O)[nH]c3c2)CC1. The largest absolute Gasteiger partial charge is 0.337 e. The van der Waals surface area contributed by atoms with Crippen LogP contribution in [0.4, 0.5) is 0 Å². The molecule has 0 spiro atoms. The van der Waals surface area contributed by atoms with E-state index in [1.807, 2.05) is 30.0 Å². The predicted octanol–water partition coefficient (Wildman–Crippen LogP) is 1.67. The van der Waals surface area contributed by atoms with Gasteiger partial charge in [0.25, 0.3) is 5.56 Å². The van der Waals surface area contributed by atoms with Gasteiger partial charge in [-0.15, -0.1) is 0 Å². The third-order valence-corrected chi connectivity index (χ3v) is 4.36. The number of aromatic nitrogens is 1. The van der Waals surface area contributed by atoms with Crippen LogP contribution >= 0.6 is 0 Å². The van der Waals surface area contributed by atoms with Gasteiger partial charge in [-0.05, 0) is 36.1 Å². The summed E-state index contributed by atoms with van der Waals surface area (Å²) in [4.78, 5) is 30.4. The highest BCUT2D eigenvalue weighted by Gasteiger charge is 2.19. The maximum absolute atomic E-state index is 11.8. The monoisotopic (exact) mass is 311 g/mol. The number of rotatable bonds is 3. The van der Waals surface area contributed by atoms with Crippen LogP contribution < -0.4 is 5.56 Å². The third-order valence-electron chi connectivity index (χ3n) is 4.36. The number of H-pyrrole nitrogens is 1. The number of carbonyl (C=O) groups is 1. The maximum Gasteiger partial charge on any atom is 0.251 e. The van der Waals surface area contributed by atoms with E-state index in [1.54, 1.807) is 0 Å². The predicted molar refractivity (Wildman–Crippen MR) is 91.4 cm³/mol. The van der Waals surface area contributed by atoms with E-state index in [4.69, 9.17) is 0 Å². The minimum Gasteiger partial charge on any atom is -0.337 e. The second-order valence-corrected chi connectivity index (χ2v) is 6.01. The fraction of sp³-hybridized carbons (Fsp3) is 0.333. The van der Waals surface area contributed by atoms with Gasteiger partial charge in [-0.1, -0.05) is 18.7 Å². The molecular formula is C18H21N3O2. The number of nitrogens with zero attached hydrogens (tertiary/aromatic N) is 2. The number of aromatic amines is 1. The molecule has 5 heteroatoms. The molecule has 0 aliphatic carbocycles. The summed E-state index contributed by atoms with van der Waals surface area (Å²) in [6.45, 7) is 9.33. The van der Waals surface area contributed by atoms with Crippen LogP contribution in [-0.4, -0.2) is 46.9 Å². The Hall–Kier alpha value is -2.40. The number of nitrogens with one attached hydrogen (secondary N) is 1. The first-order valence-electron chi connectivity index (χ1n) is 7.83. The van der Waals surface area contributed by atoms with Crippen molar-refractivity contribution in [2.75, 3.05) is 26.2 Å². The summed E-state index contributed by atoms with van der Waals surface area (Å²) >= 11 is 0. The maximum atomic E-state index is 11.8. The van der Waals surface area contributed by atoms with Crippen molar-refractivity contribution in [2.24, 2.45) is 0 Å². The number of carbonyl (C=O) groups excluding carboxylic acids is 1. The molecule has 1 fully saturated rings. The van der Waals surface area contributed by atoms with Gasteiger partial charge < -0.3 is 9.88 Å². The molecule has 1 amide bonds. The van der Waals surface area contributed by atoms with Crippen molar-refractivity contribution in [3.8, 4) is 0 Å². The highest BCUT2D eigenvalue weighted by atomic mass is 16.2. The number of amides is 1. The van der Waals surface area contributed by atoms with Crippen LogP contribution in [0.2, 0.25) is 0 Å². The third kappa shape index (κ3) is 3.35. The van der Waals surface area contributed by atoms with Crippen LogP contribution in [0.1, 0.15) is 11.1 Å². The van der Waals surface area contributed by atoms with Crippen molar-refractivity contribution in [2.45, 2.75) is 13.5 Å². The van der Waals surface area contributed by atoms with Gasteiger partial charge in [0, 0.05) is 43.8 Å². The van der Waals surface area contributed by atoms with Gasteiger partial charge in [-0.3, -0.25) is 14.5 Å². The van der Waals surface area contributed by atoms with Gasteiger partial charge in [0.15, 0.2) is 0 Å². The molecule has 0 atom stereocenters. The molecule has 120 valence electrons. The summed E-state index contributed by atoms with van der Waals surface area (Å²) in [5, 5.41) is 1.05. The minimum absolute atomic E-state index is 0.00306. The molecule has 1 aromatic carbocycles. The number of piperazine rings is 1. The Morgan fingerprint density at radius 3 is 2.70 bits per heavy atom. The Balaban J connectivity index is 1.70. The fourth-order valence-corrected chi connectivity index (χ4v) is 2.97. The van der Waals surface area contributed by atoms with Crippen molar-refractivity contribution >= 4 is 16.8 Å². The van der Waals surface area contributed by atoms with Crippen LogP contribution in [0.15, 0.2) is 41.7 Å². The van der Waals surface area contributed by atoms with Crippen molar-refractivity contribution in [3.05, 3.63) is 58.4 Å². The van der Waals surface area contributed by atoms with Crippen LogP contribution in [0.25, 0.3) is 10.9 Å². The smallest absolute Gasteiger partial charge is 0.251 e. The van der Waals surface area contributed by atoms with E-state index >= 15 is 0 Å². The first-order valence-corrected chi connectivity index (χ1v) is 7.83. The lowest BCUT2D eigenvalue weighted by atomic mass is 10.1. The summed E-state index contributed by atoms with van der Waals surface area (Å²) in [7, 11) is 0. The van der Waals surface area contributed by atoms with Crippen molar-refractivity contribution < 1.29 is 4.79 Å². The second kappa shape index (κ2) is 6.38. The quantitative estimate of drug-likeness (QED) is 0.877. The Bertz CT molecular complexity index is 802. The number of benzene rings is 1. The Morgan fingerprint density at radius 2 is 2.00 bits per heavy atom. The van der Waals surface area contributed by atoms with E-state index in [9.17, 15) is 9.59 Å². The first kappa shape index (κ1) is 15.5. The summed E-state index contributed by atoms with van der Waals surface area (Å²) in [6, 6.07) is 8.10. The van der Waals surface area contributed by atoms with E-state index in [-0.39, 0.29) is 11.5 Å². The summed E-state index contributed by atoms with van der Waals surface area (Å²) in [6.07, 6.45) is 1.37. The average Bonchev–Trinajstić information content (AvgIpc) is 2.56. The Morgan fingerprint density at radius 1 is 1.26 bits per heavy atom. The van der Waals surface area contributed by atoms with E-state index in [0.717, 1.165) is 49.2 Å². The van der Waals surface area contributed by atoms with E-state index in [2.05, 4.69) is 22.5 Å². The zero-order chi connectivity index (χ0) is 16.4. The van der Waals surface area contributed by atoms with Crippen molar-refractivity contribution in [3.63, 3.8) is 0 Å². The Labute approximate surface area is 135 Å². The molecule has 5 nitrogen and oxygen atoms in total. The standard InChI is InChI=1S/C18H21N3O2/c1-3-17(22)21-8-6-20(7-9-21)12-14-4-5-15-10-13(2)18(23)19-16(15)11-14/h3-5,10-11H,1,6-9,12H2,2H3,(H,19,23). The molecule has 0 radical (unpaired) electrons. The fourth-order valence-electron chi connectivity index (χ4n) is 2.97. The zero-order valence-corrected chi connectivity index (χ0v) is 13.3. The molecule has 0 saturated carbocycles. The van der Waals surface area contributed by atoms with Gasteiger partial charge in [0.1, 0.15) is 0 Å². The lowest BCUT2D eigenvalue weighted by molar-refractivity contribution is -0.127. The van der Waals surface area contributed by atoms with Gasteiger partial charge >= 0.3 is 0 Å². The van der Waals surface area contributed by atoms with Gasteiger partial charge in [0.2, 0.25) is 5.91 Å². The van der Waals surface area contributed by atoms with Crippen LogP contribution in [-0.2, 0) is 11.3 Å². The molecule has 1 N–H and O–H groups in total.